The highest BCUT2D eigenvalue weighted by molar-refractivity contribution is 5.85. The summed E-state index contributed by atoms with van der Waals surface area (Å²) in [6.45, 7) is 3.53. The van der Waals surface area contributed by atoms with E-state index in [0.717, 1.165) is 19.3 Å². The number of hydrogen-bond donors (Lipinski definition) is 2. The predicted molar refractivity (Wildman–Crippen MR) is 60.5 cm³/mol. The minimum atomic E-state index is -1.11. The van der Waals surface area contributed by atoms with Gasteiger partial charge in [0, 0.05) is 0 Å². The number of hydrogen-bond acceptors (Lipinski definition) is 3. The maximum Gasteiger partial charge on any atom is 0.408 e. The number of amides is 1. The molecule has 1 amide bonds. The number of carboxylic acid groups (broad SMARTS) is 1. The molecule has 94 valence electrons. The number of ether oxygens (including phenoxy) is 1. The molecule has 2 aliphatic carbocycles. The lowest BCUT2D eigenvalue weighted by molar-refractivity contribution is -0.147. The van der Waals surface area contributed by atoms with Crippen LogP contribution in [0.3, 0.4) is 0 Å². The van der Waals surface area contributed by atoms with Crippen LogP contribution in [0.1, 0.15) is 25.7 Å². The highest BCUT2D eigenvalue weighted by Gasteiger charge is 2.57. The Morgan fingerprint density at radius 1 is 1.53 bits per heavy atom. The van der Waals surface area contributed by atoms with Crippen molar-refractivity contribution in [3.63, 3.8) is 0 Å². The Labute approximate surface area is 99.8 Å². The molecule has 0 aromatic rings. The molecular weight excluding hydrogens is 222 g/mol. The van der Waals surface area contributed by atoms with Gasteiger partial charge in [0.2, 0.25) is 0 Å². The summed E-state index contributed by atoms with van der Waals surface area (Å²) >= 11 is 0. The van der Waals surface area contributed by atoms with Crippen LogP contribution in [0.15, 0.2) is 12.7 Å². The van der Waals surface area contributed by atoms with Gasteiger partial charge >= 0.3 is 12.1 Å². The number of nitrogens with one attached hydrogen (secondary N) is 1. The van der Waals surface area contributed by atoms with E-state index in [1.54, 1.807) is 0 Å². The average molecular weight is 239 g/mol. The van der Waals surface area contributed by atoms with Gasteiger partial charge < -0.3 is 15.2 Å². The Kier molecular flexibility index (Phi) is 3.09. The van der Waals surface area contributed by atoms with E-state index in [1.165, 1.54) is 6.08 Å². The molecular formula is C12H17NO4. The highest BCUT2D eigenvalue weighted by Crippen LogP contribution is 2.50. The molecule has 0 aliphatic heterocycles. The predicted octanol–water partition coefficient (Wildman–Crippen LogP) is 1.54. The molecule has 5 nitrogen and oxygen atoms in total. The number of carbonyl (C=O) groups is 2. The van der Waals surface area contributed by atoms with Crippen molar-refractivity contribution in [2.24, 2.45) is 11.8 Å². The van der Waals surface area contributed by atoms with Crippen molar-refractivity contribution in [1.29, 1.82) is 0 Å². The molecule has 2 N–H and O–H groups in total. The second-order valence-electron chi connectivity index (χ2n) is 4.87. The van der Waals surface area contributed by atoms with Gasteiger partial charge in [-0.1, -0.05) is 12.7 Å². The first-order valence-corrected chi connectivity index (χ1v) is 5.87. The fraction of sp³-hybridized carbons (Fsp3) is 0.667. The summed E-state index contributed by atoms with van der Waals surface area (Å²) in [6, 6.07) is 0. The van der Waals surface area contributed by atoms with Crippen LogP contribution in [-0.2, 0) is 9.53 Å². The minimum absolute atomic E-state index is 0.0429. The topological polar surface area (TPSA) is 75.6 Å². The SMILES string of the molecule is C=CCOC(=O)NC1(C(=O)O)CC2CCC1C2. The second kappa shape index (κ2) is 4.39. The van der Waals surface area contributed by atoms with E-state index in [4.69, 9.17) is 4.74 Å². The second-order valence-corrected chi connectivity index (χ2v) is 4.87. The number of carbonyl (C=O) groups excluding carboxylic acids is 1. The number of fused-ring (bicyclic) bond motifs is 2. The first-order valence-electron chi connectivity index (χ1n) is 5.87. The van der Waals surface area contributed by atoms with Crippen LogP contribution in [0.25, 0.3) is 0 Å². The maximum atomic E-state index is 11.5. The van der Waals surface area contributed by atoms with Crippen LogP contribution in [-0.4, -0.2) is 29.3 Å². The van der Waals surface area contributed by atoms with E-state index in [2.05, 4.69) is 11.9 Å². The van der Waals surface area contributed by atoms with Crippen LogP contribution in [0.2, 0.25) is 0 Å². The van der Waals surface area contributed by atoms with E-state index in [9.17, 15) is 14.7 Å². The van der Waals surface area contributed by atoms with Crippen LogP contribution in [0, 0.1) is 11.8 Å². The first kappa shape index (κ1) is 12.0. The number of carboxylic acids is 1. The van der Waals surface area contributed by atoms with Gasteiger partial charge in [0.25, 0.3) is 0 Å². The van der Waals surface area contributed by atoms with E-state index in [-0.39, 0.29) is 12.5 Å². The Bertz CT molecular complexity index is 354. The molecule has 2 bridgehead atoms. The monoisotopic (exact) mass is 239 g/mol. The van der Waals surface area contributed by atoms with Gasteiger partial charge in [-0.05, 0) is 37.5 Å². The zero-order valence-corrected chi connectivity index (χ0v) is 9.65. The van der Waals surface area contributed by atoms with Crippen molar-refractivity contribution in [3.05, 3.63) is 12.7 Å². The fourth-order valence-electron chi connectivity index (χ4n) is 3.15. The zero-order valence-electron chi connectivity index (χ0n) is 9.65. The van der Waals surface area contributed by atoms with Crippen molar-refractivity contribution in [2.45, 2.75) is 31.2 Å². The third-order valence-electron chi connectivity index (χ3n) is 3.89. The Morgan fingerprint density at radius 3 is 2.76 bits per heavy atom. The molecule has 0 aromatic heterocycles. The average Bonchev–Trinajstić information content (AvgIpc) is 2.86. The van der Waals surface area contributed by atoms with Crippen LogP contribution in [0.5, 0.6) is 0 Å². The molecule has 3 atom stereocenters. The van der Waals surface area contributed by atoms with Gasteiger partial charge in [0.05, 0.1) is 0 Å². The van der Waals surface area contributed by atoms with Crippen molar-refractivity contribution in [3.8, 4) is 0 Å². The third kappa shape index (κ3) is 2.01. The molecule has 0 heterocycles. The maximum absolute atomic E-state index is 11.5. The van der Waals surface area contributed by atoms with Crippen molar-refractivity contribution >= 4 is 12.1 Å². The number of rotatable bonds is 4. The Morgan fingerprint density at radius 2 is 2.29 bits per heavy atom. The lowest BCUT2D eigenvalue weighted by Gasteiger charge is -2.33. The first-order chi connectivity index (χ1) is 8.08. The van der Waals surface area contributed by atoms with Crippen LogP contribution < -0.4 is 5.32 Å². The smallest absolute Gasteiger partial charge is 0.408 e. The summed E-state index contributed by atoms with van der Waals surface area (Å²) in [4.78, 5) is 22.9. The highest BCUT2D eigenvalue weighted by atomic mass is 16.5. The van der Waals surface area contributed by atoms with E-state index in [1.807, 2.05) is 0 Å². The molecule has 17 heavy (non-hydrogen) atoms. The third-order valence-corrected chi connectivity index (χ3v) is 3.89. The van der Waals surface area contributed by atoms with Crippen molar-refractivity contribution in [1.82, 2.24) is 5.32 Å². The quantitative estimate of drug-likeness (QED) is 0.730. The summed E-state index contributed by atoms with van der Waals surface area (Å²) in [7, 11) is 0. The molecule has 0 radical (unpaired) electrons. The Balaban J connectivity index is 2.06. The standard InChI is InChI=1S/C12H17NO4/c1-2-5-17-11(16)13-12(10(14)15)7-8-3-4-9(12)6-8/h2,8-9H,1,3-7H2,(H,13,16)(H,14,15). The van der Waals surface area contributed by atoms with Gasteiger partial charge in [-0.2, -0.15) is 0 Å². The minimum Gasteiger partial charge on any atom is -0.479 e. The van der Waals surface area contributed by atoms with Crippen molar-refractivity contribution in [2.75, 3.05) is 6.61 Å². The fourth-order valence-corrected chi connectivity index (χ4v) is 3.15. The van der Waals surface area contributed by atoms with Gasteiger partial charge in [-0.3, -0.25) is 0 Å². The van der Waals surface area contributed by atoms with E-state index < -0.39 is 17.6 Å². The lowest BCUT2D eigenvalue weighted by atomic mass is 9.81. The number of alkyl carbamates (subject to hydrolysis) is 1. The molecule has 2 saturated carbocycles. The van der Waals surface area contributed by atoms with Gasteiger partial charge in [0.1, 0.15) is 12.1 Å². The normalized spacial score (nSPS) is 34.4. The summed E-state index contributed by atoms with van der Waals surface area (Å²) in [6.07, 6.45) is 4.15. The molecule has 0 saturated heterocycles. The summed E-state index contributed by atoms with van der Waals surface area (Å²) < 4.78 is 4.80. The van der Waals surface area contributed by atoms with Gasteiger partial charge in [0.15, 0.2) is 0 Å². The van der Waals surface area contributed by atoms with Crippen LogP contribution >= 0.6 is 0 Å². The van der Waals surface area contributed by atoms with Gasteiger partial charge in [-0.25, -0.2) is 9.59 Å². The molecule has 0 spiro atoms. The molecule has 0 aromatic carbocycles. The molecule has 2 fully saturated rings. The Hall–Kier alpha value is -1.52. The summed E-state index contributed by atoms with van der Waals surface area (Å²) in [5, 5.41) is 11.9. The molecule has 5 heteroatoms. The van der Waals surface area contributed by atoms with Crippen molar-refractivity contribution < 1.29 is 19.4 Å². The number of aliphatic carboxylic acids is 1. The largest absolute Gasteiger partial charge is 0.479 e. The van der Waals surface area contributed by atoms with Gasteiger partial charge in [-0.15, -0.1) is 0 Å². The van der Waals surface area contributed by atoms with Crippen LogP contribution in [0.4, 0.5) is 4.79 Å². The van der Waals surface area contributed by atoms with E-state index in [0.29, 0.717) is 12.3 Å². The molecule has 2 rings (SSSR count). The molecule has 2 aliphatic rings. The molecule has 3 unspecified atom stereocenters. The summed E-state index contributed by atoms with van der Waals surface area (Å²) in [5.74, 6) is -0.475. The summed E-state index contributed by atoms with van der Waals surface area (Å²) in [5.41, 5.74) is -1.11. The lowest BCUT2D eigenvalue weighted by Crippen LogP contribution is -2.58. The van der Waals surface area contributed by atoms with E-state index >= 15 is 0 Å². The zero-order chi connectivity index (χ0) is 12.5.